The lowest BCUT2D eigenvalue weighted by Crippen LogP contribution is -2.51. The molecule has 94 valence electrons. The molecule has 0 spiro atoms. The largest absolute Gasteiger partial charge is 0.378 e. The molecule has 1 aromatic heterocycles. The summed E-state index contributed by atoms with van der Waals surface area (Å²) in [5.74, 6) is 0. The van der Waals surface area contributed by atoms with Crippen LogP contribution in [0.3, 0.4) is 0 Å². The monoisotopic (exact) mass is 276 g/mol. The van der Waals surface area contributed by atoms with E-state index in [1.807, 2.05) is 4.90 Å². The summed E-state index contributed by atoms with van der Waals surface area (Å²) in [7, 11) is -1.68. The van der Waals surface area contributed by atoms with Crippen LogP contribution in [0.5, 0.6) is 0 Å². The molecule has 0 bridgehead atoms. The van der Waals surface area contributed by atoms with Crippen LogP contribution in [0.2, 0.25) is 5.15 Å². The van der Waals surface area contributed by atoms with Crippen LogP contribution in [-0.2, 0) is 14.6 Å². The molecule has 17 heavy (non-hydrogen) atoms. The normalized spacial score (nSPS) is 17.0. The quantitative estimate of drug-likeness (QED) is 0.770. The van der Waals surface area contributed by atoms with Crippen molar-refractivity contribution in [2.45, 2.75) is 11.1 Å². The molecule has 0 amide bonds. The van der Waals surface area contributed by atoms with Gasteiger partial charge in [0, 0.05) is 32.1 Å². The first-order chi connectivity index (χ1) is 7.90. The third kappa shape index (κ3) is 2.70. The van der Waals surface area contributed by atoms with Crippen molar-refractivity contribution < 1.29 is 13.2 Å². The predicted octanol–water partition coefficient (Wildman–Crippen LogP) is 0.973. The fourth-order valence-electron chi connectivity index (χ4n) is 1.63. The summed E-state index contributed by atoms with van der Waals surface area (Å²) >= 11 is 5.82. The van der Waals surface area contributed by atoms with Gasteiger partial charge < -0.3 is 9.64 Å². The first-order valence-corrected chi connectivity index (χ1v) is 7.32. The lowest BCUT2D eigenvalue weighted by Gasteiger charge is -2.40. The second-order valence-electron chi connectivity index (χ2n) is 4.02. The van der Waals surface area contributed by atoms with Gasteiger partial charge in [0.1, 0.15) is 5.15 Å². The van der Waals surface area contributed by atoms with Gasteiger partial charge in [0.2, 0.25) is 0 Å². The molecule has 2 rings (SSSR count). The van der Waals surface area contributed by atoms with Crippen LogP contribution >= 0.6 is 11.6 Å². The topological polar surface area (TPSA) is 59.5 Å². The van der Waals surface area contributed by atoms with Crippen LogP contribution in [-0.4, -0.2) is 46.0 Å². The molecule has 0 aliphatic carbocycles. The summed E-state index contributed by atoms with van der Waals surface area (Å²) in [6.07, 6.45) is 1.31. The highest BCUT2D eigenvalue weighted by molar-refractivity contribution is 7.90. The Balaban J connectivity index is 2.28. The van der Waals surface area contributed by atoms with E-state index in [0.29, 0.717) is 0 Å². The van der Waals surface area contributed by atoms with E-state index in [4.69, 9.17) is 16.3 Å². The number of hydrogen-bond acceptors (Lipinski definition) is 5. The molecule has 1 aliphatic rings. The van der Waals surface area contributed by atoms with E-state index >= 15 is 0 Å². The van der Waals surface area contributed by atoms with Crippen molar-refractivity contribution >= 4 is 27.1 Å². The Morgan fingerprint density at radius 1 is 1.47 bits per heavy atom. The Bertz CT molecular complexity index is 526. The number of anilines is 1. The van der Waals surface area contributed by atoms with E-state index in [1.54, 1.807) is 13.2 Å². The van der Waals surface area contributed by atoms with Gasteiger partial charge in [-0.05, 0) is 12.1 Å². The van der Waals surface area contributed by atoms with E-state index in [-0.39, 0.29) is 16.3 Å². The van der Waals surface area contributed by atoms with Crippen LogP contribution in [0, 0.1) is 0 Å². The first-order valence-electron chi connectivity index (χ1n) is 5.05. The standard InChI is InChI=1S/C10H13ClN2O3S/c1-16-8-5-13(6-8)7-3-9(11)12-10(4-7)17(2,14)15/h3-4,8H,5-6H2,1-2H3. The number of halogens is 1. The summed E-state index contributed by atoms with van der Waals surface area (Å²) in [6, 6.07) is 3.19. The second-order valence-corrected chi connectivity index (χ2v) is 6.37. The van der Waals surface area contributed by atoms with Crippen molar-refractivity contribution in [2.75, 3.05) is 31.4 Å². The number of sulfone groups is 1. The zero-order chi connectivity index (χ0) is 12.6. The Kier molecular flexibility index (Phi) is 3.29. The minimum Gasteiger partial charge on any atom is -0.378 e. The summed E-state index contributed by atoms with van der Waals surface area (Å²) < 4.78 is 28.0. The van der Waals surface area contributed by atoms with E-state index in [9.17, 15) is 8.42 Å². The Morgan fingerprint density at radius 3 is 2.65 bits per heavy atom. The predicted molar refractivity (Wildman–Crippen MR) is 65.4 cm³/mol. The molecular weight excluding hydrogens is 264 g/mol. The van der Waals surface area contributed by atoms with E-state index in [2.05, 4.69) is 4.98 Å². The zero-order valence-corrected chi connectivity index (χ0v) is 11.1. The summed E-state index contributed by atoms with van der Waals surface area (Å²) in [6.45, 7) is 1.47. The smallest absolute Gasteiger partial charge is 0.192 e. The zero-order valence-electron chi connectivity index (χ0n) is 9.55. The molecular formula is C10H13ClN2O3S. The molecule has 0 aromatic carbocycles. The molecule has 0 unspecified atom stereocenters. The molecule has 1 saturated heterocycles. The van der Waals surface area contributed by atoms with Crippen molar-refractivity contribution in [1.82, 2.24) is 4.98 Å². The number of hydrogen-bond donors (Lipinski definition) is 0. The molecule has 2 heterocycles. The summed E-state index contributed by atoms with van der Waals surface area (Å²) in [5, 5.41) is 0.185. The summed E-state index contributed by atoms with van der Waals surface area (Å²) in [4.78, 5) is 5.80. The fourth-order valence-corrected chi connectivity index (χ4v) is 2.48. The van der Waals surface area contributed by atoms with Crippen LogP contribution in [0.1, 0.15) is 0 Å². The minimum atomic E-state index is -3.34. The lowest BCUT2D eigenvalue weighted by molar-refractivity contribution is 0.0787. The van der Waals surface area contributed by atoms with E-state index in [1.165, 1.54) is 6.07 Å². The van der Waals surface area contributed by atoms with Crippen molar-refractivity contribution in [2.24, 2.45) is 0 Å². The van der Waals surface area contributed by atoms with Crippen molar-refractivity contribution in [3.8, 4) is 0 Å². The van der Waals surface area contributed by atoms with Gasteiger partial charge in [0.15, 0.2) is 14.9 Å². The molecule has 1 aromatic rings. The van der Waals surface area contributed by atoms with Crippen LogP contribution in [0.4, 0.5) is 5.69 Å². The number of aromatic nitrogens is 1. The molecule has 0 N–H and O–H groups in total. The van der Waals surface area contributed by atoms with Gasteiger partial charge in [0.25, 0.3) is 0 Å². The van der Waals surface area contributed by atoms with E-state index < -0.39 is 9.84 Å². The molecule has 0 saturated carbocycles. The number of pyridine rings is 1. The number of methoxy groups -OCH3 is 1. The van der Waals surface area contributed by atoms with Crippen molar-refractivity contribution in [3.63, 3.8) is 0 Å². The Hall–Kier alpha value is -0.850. The highest BCUT2D eigenvalue weighted by atomic mass is 35.5. The number of nitrogens with zero attached hydrogens (tertiary/aromatic N) is 2. The van der Waals surface area contributed by atoms with Crippen LogP contribution in [0.25, 0.3) is 0 Å². The summed E-state index contributed by atoms with van der Waals surface area (Å²) in [5.41, 5.74) is 0.763. The van der Waals surface area contributed by atoms with Crippen LogP contribution < -0.4 is 4.90 Å². The highest BCUT2D eigenvalue weighted by Gasteiger charge is 2.27. The Labute approximate surface area is 105 Å². The maximum atomic E-state index is 11.4. The maximum absolute atomic E-state index is 11.4. The van der Waals surface area contributed by atoms with E-state index in [0.717, 1.165) is 25.0 Å². The second kappa shape index (κ2) is 4.44. The van der Waals surface area contributed by atoms with Gasteiger partial charge in [0.05, 0.1) is 6.10 Å². The molecule has 5 nitrogen and oxygen atoms in total. The van der Waals surface area contributed by atoms with Crippen molar-refractivity contribution in [3.05, 3.63) is 17.3 Å². The third-order valence-corrected chi connectivity index (χ3v) is 3.84. The minimum absolute atomic E-state index is 0.000803. The average Bonchev–Trinajstić information content (AvgIpc) is 2.13. The number of rotatable bonds is 3. The Morgan fingerprint density at radius 2 is 2.12 bits per heavy atom. The highest BCUT2D eigenvalue weighted by Crippen LogP contribution is 2.26. The van der Waals surface area contributed by atoms with Crippen molar-refractivity contribution in [1.29, 1.82) is 0 Å². The molecule has 1 aliphatic heterocycles. The van der Waals surface area contributed by atoms with Gasteiger partial charge in [-0.15, -0.1) is 0 Å². The molecule has 0 radical (unpaired) electrons. The number of ether oxygens (including phenoxy) is 1. The SMILES string of the molecule is COC1CN(c2cc(Cl)nc(S(C)(=O)=O)c2)C1. The van der Waals surface area contributed by atoms with Gasteiger partial charge in [-0.2, -0.15) is 0 Å². The molecule has 0 atom stereocenters. The maximum Gasteiger partial charge on any atom is 0.192 e. The van der Waals surface area contributed by atoms with Gasteiger partial charge >= 0.3 is 0 Å². The van der Waals surface area contributed by atoms with Gasteiger partial charge in [-0.1, -0.05) is 11.6 Å². The first kappa shape index (κ1) is 12.6. The third-order valence-electron chi connectivity index (χ3n) is 2.68. The average molecular weight is 277 g/mol. The lowest BCUT2D eigenvalue weighted by atomic mass is 10.1. The molecule has 1 fully saturated rings. The van der Waals surface area contributed by atoms with Gasteiger partial charge in [-0.25, -0.2) is 13.4 Å². The van der Waals surface area contributed by atoms with Crippen LogP contribution in [0.15, 0.2) is 17.2 Å². The molecule has 7 heteroatoms. The fraction of sp³-hybridized carbons (Fsp3) is 0.500. The van der Waals surface area contributed by atoms with Gasteiger partial charge in [-0.3, -0.25) is 0 Å².